The van der Waals surface area contributed by atoms with Gasteiger partial charge in [0.1, 0.15) is 6.10 Å². The molecule has 1 aliphatic rings. The number of hydrogen-bond acceptors (Lipinski definition) is 4. The van der Waals surface area contributed by atoms with Crippen molar-refractivity contribution in [1.82, 2.24) is 0 Å². The van der Waals surface area contributed by atoms with Crippen LogP contribution in [0.5, 0.6) is 0 Å². The fourth-order valence-corrected chi connectivity index (χ4v) is 1.43. The second-order valence-electron chi connectivity index (χ2n) is 4.15. The van der Waals surface area contributed by atoms with Gasteiger partial charge in [-0.25, -0.2) is 4.79 Å². The van der Waals surface area contributed by atoms with Crippen molar-refractivity contribution in [3.8, 4) is 0 Å². The van der Waals surface area contributed by atoms with Gasteiger partial charge < -0.3 is 9.47 Å². The fraction of sp³-hybridized carbons (Fsp3) is 0.176. The summed E-state index contributed by atoms with van der Waals surface area (Å²) < 4.78 is 9.63. The summed E-state index contributed by atoms with van der Waals surface area (Å²) in [7, 11) is 0. The molecule has 0 radical (unpaired) electrons. The largest absolute Gasteiger partial charge is 0.448 e. The van der Waals surface area contributed by atoms with Crippen LogP contribution in [-0.4, -0.2) is 30.6 Å². The zero-order chi connectivity index (χ0) is 15.7. The van der Waals surface area contributed by atoms with Crippen molar-refractivity contribution >= 4 is 17.8 Å². The van der Waals surface area contributed by atoms with Gasteiger partial charge in [0.25, 0.3) is 0 Å². The van der Waals surface area contributed by atoms with Crippen molar-refractivity contribution in [2.24, 2.45) is 0 Å². The fourth-order valence-electron chi connectivity index (χ4n) is 1.43. The van der Waals surface area contributed by atoms with Crippen LogP contribution >= 0.6 is 0 Å². The maximum absolute atomic E-state index is 11.1. The molecule has 1 aromatic carbocycles. The van der Waals surface area contributed by atoms with Crippen LogP contribution in [0.15, 0.2) is 62.2 Å². The molecule has 1 saturated heterocycles. The molecule has 0 aromatic heterocycles. The van der Waals surface area contributed by atoms with Crippen LogP contribution in [0.3, 0.4) is 0 Å². The molecule has 1 aromatic rings. The maximum atomic E-state index is 11.1. The Morgan fingerprint density at radius 1 is 1.19 bits per heavy atom. The van der Waals surface area contributed by atoms with Crippen LogP contribution in [-0.2, 0) is 19.1 Å². The predicted molar refractivity (Wildman–Crippen MR) is 81.6 cm³/mol. The lowest BCUT2D eigenvalue weighted by Crippen LogP contribution is -2.30. The number of epoxide rings is 1. The van der Waals surface area contributed by atoms with E-state index in [0.717, 1.165) is 12.2 Å². The van der Waals surface area contributed by atoms with Crippen LogP contribution < -0.4 is 0 Å². The average molecular weight is 286 g/mol. The second-order valence-corrected chi connectivity index (χ2v) is 4.15. The van der Waals surface area contributed by atoms with E-state index in [1.54, 1.807) is 0 Å². The Hall–Kier alpha value is -2.46. The molecule has 110 valence electrons. The third-order valence-corrected chi connectivity index (χ3v) is 2.62. The molecule has 2 atom stereocenters. The minimum Gasteiger partial charge on any atom is -0.448 e. The topological polar surface area (TPSA) is 55.9 Å². The normalized spacial score (nSPS) is 16.5. The van der Waals surface area contributed by atoms with Crippen molar-refractivity contribution in [2.45, 2.75) is 12.2 Å². The van der Waals surface area contributed by atoms with Crippen molar-refractivity contribution in [3.05, 3.63) is 67.8 Å². The van der Waals surface area contributed by atoms with Crippen molar-refractivity contribution in [1.29, 1.82) is 0 Å². The highest BCUT2D eigenvalue weighted by Crippen LogP contribution is 2.18. The minimum atomic E-state index is -0.858. The lowest BCUT2D eigenvalue weighted by atomic mass is 10.2. The molecule has 0 spiro atoms. The summed E-state index contributed by atoms with van der Waals surface area (Å²) >= 11 is 0. The first-order valence-electron chi connectivity index (χ1n) is 6.40. The number of hydrogen-bond donors (Lipinski definition) is 0. The molecule has 0 amide bonds. The van der Waals surface area contributed by atoms with Crippen LogP contribution in [0.1, 0.15) is 5.56 Å². The summed E-state index contributed by atoms with van der Waals surface area (Å²) in [4.78, 5) is 21.9. The van der Waals surface area contributed by atoms with E-state index in [-0.39, 0.29) is 11.9 Å². The molecule has 4 nitrogen and oxygen atoms in total. The number of esters is 1. The van der Waals surface area contributed by atoms with Crippen LogP contribution in [0.4, 0.5) is 0 Å². The van der Waals surface area contributed by atoms with Gasteiger partial charge in [0.2, 0.25) is 0 Å². The van der Waals surface area contributed by atoms with Gasteiger partial charge in [-0.3, -0.25) is 4.79 Å². The Balaban J connectivity index is 0.000000235. The smallest absolute Gasteiger partial charge is 0.330 e. The van der Waals surface area contributed by atoms with Crippen molar-refractivity contribution < 1.29 is 19.1 Å². The number of benzene rings is 1. The van der Waals surface area contributed by atoms with Gasteiger partial charge in [0.15, 0.2) is 11.9 Å². The van der Waals surface area contributed by atoms with Crippen LogP contribution in [0.25, 0.3) is 6.08 Å². The van der Waals surface area contributed by atoms with E-state index in [4.69, 9.17) is 9.47 Å². The van der Waals surface area contributed by atoms with Gasteiger partial charge in [-0.2, -0.15) is 0 Å². The van der Waals surface area contributed by atoms with E-state index in [2.05, 4.69) is 19.7 Å². The molecule has 0 saturated carbocycles. The van der Waals surface area contributed by atoms with Gasteiger partial charge in [-0.1, -0.05) is 56.1 Å². The number of carbonyl (C=O) groups excluding carboxylic acids is 2. The van der Waals surface area contributed by atoms with E-state index in [9.17, 15) is 9.59 Å². The van der Waals surface area contributed by atoms with Crippen LogP contribution in [0, 0.1) is 0 Å². The van der Waals surface area contributed by atoms with Crippen molar-refractivity contribution in [2.75, 3.05) is 6.61 Å². The van der Waals surface area contributed by atoms with E-state index in [1.165, 1.54) is 5.56 Å². The second kappa shape index (κ2) is 8.66. The van der Waals surface area contributed by atoms with E-state index in [1.807, 2.05) is 36.4 Å². The van der Waals surface area contributed by atoms with Gasteiger partial charge >= 0.3 is 5.97 Å². The number of rotatable bonds is 6. The first-order valence-corrected chi connectivity index (χ1v) is 6.40. The zero-order valence-corrected chi connectivity index (χ0v) is 11.7. The highest BCUT2D eigenvalue weighted by molar-refractivity contribution is 5.96. The van der Waals surface area contributed by atoms with E-state index in [0.29, 0.717) is 6.61 Å². The summed E-state index contributed by atoms with van der Waals surface area (Å²) in [5.74, 6) is -0.978. The minimum absolute atomic E-state index is 0.311. The van der Waals surface area contributed by atoms with Gasteiger partial charge in [0, 0.05) is 6.08 Å². The predicted octanol–water partition coefficient (Wildman–Crippen LogP) is 2.57. The Kier molecular flexibility index (Phi) is 6.84. The quantitative estimate of drug-likeness (QED) is 0.458. The standard InChI is InChI=1S/C9H10O4.C8H8/c1-3-6(10)9(7-5-12-7)13-8(11)4-2;1-2-8-6-4-3-5-7-8/h3-4,7,9H,1-2,5H2;2-7H,1H2. The molecular formula is C17H18O4. The summed E-state index contributed by atoms with van der Waals surface area (Å²) in [5, 5.41) is 0. The molecule has 0 bridgehead atoms. The summed E-state index contributed by atoms with van der Waals surface area (Å²) in [6, 6.07) is 10.0. The SMILES string of the molecule is C=CC(=O)OC(C(=O)C=C)C1CO1.C=Cc1ccccc1. The molecule has 1 aliphatic heterocycles. The van der Waals surface area contributed by atoms with E-state index >= 15 is 0 Å². The Labute approximate surface area is 124 Å². The molecule has 1 heterocycles. The summed E-state index contributed by atoms with van der Waals surface area (Å²) in [6.45, 7) is 10.6. The molecule has 0 aliphatic carbocycles. The van der Waals surface area contributed by atoms with Gasteiger partial charge in [0.05, 0.1) is 6.61 Å². The molecule has 2 unspecified atom stereocenters. The average Bonchev–Trinajstić information content (AvgIpc) is 3.37. The summed E-state index contributed by atoms with van der Waals surface area (Å²) in [6.07, 6.45) is 2.78. The maximum Gasteiger partial charge on any atom is 0.330 e. The first kappa shape index (κ1) is 16.6. The van der Waals surface area contributed by atoms with Crippen molar-refractivity contribution in [3.63, 3.8) is 0 Å². The zero-order valence-electron chi connectivity index (χ0n) is 11.7. The van der Waals surface area contributed by atoms with Gasteiger partial charge in [-0.15, -0.1) is 0 Å². The van der Waals surface area contributed by atoms with Crippen LogP contribution in [0.2, 0.25) is 0 Å². The summed E-state index contributed by atoms with van der Waals surface area (Å²) in [5.41, 5.74) is 1.17. The molecule has 2 rings (SSSR count). The number of ketones is 1. The first-order chi connectivity index (χ1) is 10.1. The lowest BCUT2D eigenvalue weighted by Gasteiger charge is -2.10. The molecule has 21 heavy (non-hydrogen) atoms. The number of ether oxygens (including phenoxy) is 2. The molecule has 1 fully saturated rings. The molecular weight excluding hydrogens is 268 g/mol. The third-order valence-electron chi connectivity index (χ3n) is 2.62. The van der Waals surface area contributed by atoms with E-state index < -0.39 is 12.1 Å². The molecule has 4 heteroatoms. The van der Waals surface area contributed by atoms with Gasteiger partial charge in [-0.05, 0) is 11.6 Å². The molecule has 0 N–H and O–H groups in total. The monoisotopic (exact) mass is 286 g/mol. The Morgan fingerprint density at radius 3 is 2.19 bits per heavy atom. The Bertz CT molecular complexity index is 515. The Morgan fingerprint density at radius 2 is 1.81 bits per heavy atom. The third kappa shape index (κ3) is 6.01. The highest BCUT2D eigenvalue weighted by Gasteiger charge is 2.39. The lowest BCUT2D eigenvalue weighted by molar-refractivity contribution is -0.149. The highest BCUT2D eigenvalue weighted by atomic mass is 16.6. The number of carbonyl (C=O) groups is 2.